The predicted molar refractivity (Wildman–Crippen MR) is 126 cm³/mol. The zero-order valence-electron chi connectivity index (χ0n) is 19.2. The predicted octanol–water partition coefficient (Wildman–Crippen LogP) is 4.07. The fraction of sp³-hybridized carbons (Fsp3) is 0.440. The minimum Gasteiger partial charge on any atom is -0.391 e. The summed E-state index contributed by atoms with van der Waals surface area (Å²) in [5.41, 5.74) is 5.75. The van der Waals surface area contributed by atoms with Gasteiger partial charge in [-0.1, -0.05) is 36.3 Å². The number of nitrogens with zero attached hydrogens (tertiary/aromatic N) is 3. The van der Waals surface area contributed by atoms with Crippen molar-refractivity contribution in [1.82, 2.24) is 15.0 Å². The largest absolute Gasteiger partial charge is 0.391 e. The number of aliphatic hydroxyl groups excluding tert-OH is 1. The molecule has 0 bridgehead atoms. The highest BCUT2D eigenvalue weighted by molar-refractivity contribution is 7.13. The van der Waals surface area contributed by atoms with Gasteiger partial charge < -0.3 is 14.5 Å². The first kappa shape index (κ1) is 23.3. The summed E-state index contributed by atoms with van der Waals surface area (Å²) in [6, 6.07) is 9.33. The maximum Gasteiger partial charge on any atom is 0.234 e. The van der Waals surface area contributed by atoms with Gasteiger partial charge in [-0.3, -0.25) is 9.59 Å². The van der Waals surface area contributed by atoms with E-state index in [2.05, 4.69) is 22.3 Å². The number of benzene rings is 1. The van der Waals surface area contributed by atoms with Gasteiger partial charge in [-0.25, -0.2) is 4.98 Å². The van der Waals surface area contributed by atoms with E-state index >= 15 is 0 Å². The van der Waals surface area contributed by atoms with Gasteiger partial charge in [0.25, 0.3) is 0 Å². The number of aromatic nitrogens is 2. The van der Waals surface area contributed by atoms with E-state index in [-0.39, 0.29) is 24.7 Å². The van der Waals surface area contributed by atoms with Crippen LogP contribution in [0.1, 0.15) is 54.8 Å². The van der Waals surface area contributed by atoms with Crippen LogP contribution in [0.2, 0.25) is 0 Å². The number of β-amino-alcohol motifs (C(OH)–C–C–N with tert-alkyl or cyclic N) is 1. The molecular formula is C25H29N3O4S. The summed E-state index contributed by atoms with van der Waals surface area (Å²) in [6.07, 6.45) is 1.03. The van der Waals surface area contributed by atoms with Crippen molar-refractivity contribution in [3.8, 4) is 10.4 Å². The number of likely N-dealkylation sites (tertiary alicyclic amines) is 1. The number of aryl methyl sites for hydroxylation is 3. The molecule has 33 heavy (non-hydrogen) atoms. The van der Waals surface area contributed by atoms with Crippen molar-refractivity contribution in [2.75, 3.05) is 6.54 Å². The van der Waals surface area contributed by atoms with Crippen molar-refractivity contribution in [3.63, 3.8) is 0 Å². The third kappa shape index (κ3) is 5.07. The normalized spacial score (nSPS) is 19.1. The summed E-state index contributed by atoms with van der Waals surface area (Å²) >= 11 is 1.61. The molecule has 7 nitrogen and oxygen atoms in total. The fourth-order valence-corrected chi connectivity index (χ4v) is 5.26. The number of amides is 1. The van der Waals surface area contributed by atoms with Gasteiger partial charge in [-0.15, -0.1) is 11.3 Å². The van der Waals surface area contributed by atoms with E-state index in [4.69, 9.17) is 4.52 Å². The Balaban J connectivity index is 1.41. The summed E-state index contributed by atoms with van der Waals surface area (Å²) in [4.78, 5) is 33.3. The van der Waals surface area contributed by atoms with Crippen LogP contribution in [0.5, 0.6) is 0 Å². The SMILES string of the molecule is CCC(C(=O)N1C[C@H](O)C[C@H]1C(=O)CCc1ccc(-c2scnc2C)cc1)c1cc(C)no1. The highest BCUT2D eigenvalue weighted by Gasteiger charge is 2.41. The molecule has 2 aromatic heterocycles. The topological polar surface area (TPSA) is 96.5 Å². The Hall–Kier alpha value is -2.84. The minimum atomic E-state index is -0.696. The number of thiazole rings is 1. The lowest BCUT2D eigenvalue weighted by Gasteiger charge is -2.26. The standard InChI is InChI=1S/C25H29N3O4S/c1-4-20(23-11-15(2)27-32-23)25(31)28-13-19(29)12-21(28)22(30)10-7-17-5-8-18(9-6-17)24-16(3)26-14-33-24/h5-6,8-9,11,14,19-21,29H,4,7,10,12-13H2,1-3H3/t19-,20?,21+/m1/s1. The van der Waals surface area contributed by atoms with Crippen LogP contribution in [0.15, 0.2) is 40.4 Å². The van der Waals surface area contributed by atoms with Crippen LogP contribution in [0.4, 0.5) is 0 Å². The second-order valence-corrected chi connectivity index (χ2v) is 9.51. The number of hydrogen-bond donors (Lipinski definition) is 1. The van der Waals surface area contributed by atoms with Gasteiger partial charge in [-0.05, 0) is 37.8 Å². The Morgan fingerprint density at radius 3 is 2.64 bits per heavy atom. The number of hydrogen-bond acceptors (Lipinski definition) is 7. The molecule has 0 aliphatic carbocycles. The van der Waals surface area contributed by atoms with Gasteiger partial charge in [-0.2, -0.15) is 0 Å². The Kier molecular flexibility index (Phi) is 7.05. The molecule has 1 fully saturated rings. The molecule has 1 unspecified atom stereocenters. The van der Waals surface area contributed by atoms with Gasteiger partial charge >= 0.3 is 0 Å². The molecule has 3 atom stereocenters. The van der Waals surface area contributed by atoms with E-state index in [1.165, 1.54) is 4.90 Å². The number of carbonyl (C=O) groups excluding carboxylic acids is 2. The maximum absolute atomic E-state index is 13.3. The van der Waals surface area contributed by atoms with Crippen LogP contribution < -0.4 is 0 Å². The Labute approximate surface area is 197 Å². The fourth-order valence-electron chi connectivity index (χ4n) is 4.44. The van der Waals surface area contributed by atoms with Gasteiger partial charge in [0, 0.05) is 25.5 Å². The van der Waals surface area contributed by atoms with Crippen molar-refractivity contribution in [3.05, 3.63) is 58.6 Å². The van der Waals surface area contributed by atoms with Crippen molar-refractivity contribution in [1.29, 1.82) is 0 Å². The summed E-state index contributed by atoms with van der Waals surface area (Å²) in [6.45, 7) is 5.87. The van der Waals surface area contributed by atoms with Crippen molar-refractivity contribution >= 4 is 23.0 Å². The smallest absolute Gasteiger partial charge is 0.234 e. The zero-order chi connectivity index (χ0) is 23.5. The molecule has 174 valence electrons. The van der Waals surface area contributed by atoms with E-state index in [0.29, 0.717) is 30.7 Å². The average molecular weight is 468 g/mol. The maximum atomic E-state index is 13.3. The lowest BCUT2D eigenvalue weighted by Crippen LogP contribution is -2.43. The molecule has 0 spiro atoms. The Morgan fingerprint density at radius 2 is 2.03 bits per heavy atom. The highest BCUT2D eigenvalue weighted by Crippen LogP contribution is 2.30. The van der Waals surface area contributed by atoms with Crippen molar-refractivity contribution < 1.29 is 19.2 Å². The molecule has 1 saturated heterocycles. The first-order valence-corrected chi connectivity index (χ1v) is 12.2. The molecule has 8 heteroatoms. The molecule has 4 rings (SSSR count). The van der Waals surface area contributed by atoms with Gasteiger partial charge in [0.2, 0.25) is 5.91 Å². The first-order chi connectivity index (χ1) is 15.9. The van der Waals surface area contributed by atoms with Gasteiger partial charge in [0.1, 0.15) is 5.76 Å². The second kappa shape index (κ2) is 9.97. The van der Waals surface area contributed by atoms with Crippen LogP contribution in [0, 0.1) is 13.8 Å². The van der Waals surface area contributed by atoms with E-state index in [0.717, 1.165) is 21.7 Å². The summed E-state index contributed by atoms with van der Waals surface area (Å²) < 4.78 is 5.32. The monoisotopic (exact) mass is 467 g/mol. The molecule has 1 aromatic carbocycles. The molecule has 3 aromatic rings. The molecule has 3 heterocycles. The molecule has 1 N–H and O–H groups in total. The molecule has 1 aliphatic heterocycles. The Bertz CT molecular complexity index is 1120. The average Bonchev–Trinajstić information content (AvgIpc) is 3.53. The van der Waals surface area contributed by atoms with E-state index in [9.17, 15) is 14.7 Å². The number of carbonyl (C=O) groups is 2. The molecule has 0 radical (unpaired) electrons. The lowest BCUT2D eigenvalue weighted by molar-refractivity contribution is -0.139. The molecule has 0 saturated carbocycles. The van der Waals surface area contributed by atoms with E-state index in [1.807, 2.05) is 31.5 Å². The van der Waals surface area contributed by atoms with Gasteiger partial charge in [0.15, 0.2) is 5.78 Å². The van der Waals surface area contributed by atoms with Crippen LogP contribution in [0.25, 0.3) is 10.4 Å². The minimum absolute atomic E-state index is 0.0223. The number of Topliss-reactive ketones (excluding diaryl/α,β-unsaturated/α-hetero) is 1. The van der Waals surface area contributed by atoms with Crippen LogP contribution >= 0.6 is 11.3 Å². The molecule has 1 aliphatic rings. The third-order valence-electron chi connectivity index (χ3n) is 6.25. The van der Waals surface area contributed by atoms with Crippen LogP contribution in [0.3, 0.4) is 0 Å². The van der Waals surface area contributed by atoms with E-state index in [1.54, 1.807) is 24.3 Å². The third-order valence-corrected chi connectivity index (χ3v) is 7.23. The second-order valence-electron chi connectivity index (χ2n) is 8.66. The molecular weight excluding hydrogens is 438 g/mol. The summed E-state index contributed by atoms with van der Waals surface area (Å²) in [7, 11) is 0. The van der Waals surface area contributed by atoms with Crippen molar-refractivity contribution in [2.24, 2.45) is 0 Å². The first-order valence-electron chi connectivity index (χ1n) is 11.3. The highest BCUT2D eigenvalue weighted by atomic mass is 32.1. The summed E-state index contributed by atoms with van der Waals surface area (Å²) in [5.74, 6) is -0.211. The summed E-state index contributed by atoms with van der Waals surface area (Å²) in [5, 5.41) is 14.1. The quantitative estimate of drug-likeness (QED) is 0.536. The number of ketones is 1. The van der Waals surface area contributed by atoms with Crippen LogP contribution in [-0.4, -0.2) is 50.5 Å². The number of rotatable bonds is 8. The zero-order valence-corrected chi connectivity index (χ0v) is 20.0. The van der Waals surface area contributed by atoms with Gasteiger partial charge in [0.05, 0.1) is 39.8 Å². The lowest BCUT2D eigenvalue weighted by atomic mass is 9.98. The van der Waals surface area contributed by atoms with Crippen LogP contribution in [-0.2, 0) is 16.0 Å². The van der Waals surface area contributed by atoms with Crippen molar-refractivity contribution in [2.45, 2.75) is 64.5 Å². The Morgan fingerprint density at radius 1 is 1.27 bits per heavy atom. The number of aliphatic hydroxyl groups is 1. The van der Waals surface area contributed by atoms with E-state index < -0.39 is 18.1 Å². The molecule has 1 amide bonds.